The Kier molecular flexibility index (Phi) is 4.90. The van der Waals surface area contributed by atoms with Crippen molar-refractivity contribution in [3.63, 3.8) is 0 Å². The fourth-order valence-electron chi connectivity index (χ4n) is 1.77. The van der Waals surface area contributed by atoms with Crippen molar-refractivity contribution in [2.45, 2.75) is 6.42 Å². The van der Waals surface area contributed by atoms with Crippen LogP contribution in [0.15, 0.2) is 34.8 Å². The number of amides is 1. The summed E-state index contributed by atoms with van der Waals surface area (Å²) in [5, 5.41) is 2.82. The lowest BCUT2D eigenvalue weighted by atomic mass is 10.3. The largest absolute Gasteiger partial charge is 0.437 e. The average molecular weight is 273 g/mol. The average Bonchev–Trinajstić information content (AvgIpc) is 2.84. The van der Waals surface area contributed by atoms with Gasteiger partial charge >= 0.3 is 0 Å². The molecule has 0 aliphatic carbocycles. The zero-order valence-electron chi connectivity index (χ0n) is 11.8. The van der Waals surface area contributed by atoms with Crippen molar-refractivity contribution in [3.8, 4) is 0 Å². The summed E-state index contributed by atoms with van der Waals surface area (Å²) in [7, 11) is 4.02. The van der Waals surface area contributed by atoms with Crippen molar-refractivity contribution in [3.05, 3.63) is 36.2 Å². The van der Waals surface area contributed by atoms with E-state index in [9.17, 15) is 4.79 Å². The Morgan fingerprint density at radius 3 is 2.95 bits per heavy atom. The predicted molar refractivity (Wildman–Crippen MR) is 79.2 cm³/mol. The quantitative estimate of drug-likeness (QED) is 0.645. The summed E-state index contributed by atoms with van der Waals surface area (Å²) in [6.07, 6.45) is 3.96. The van der Waals surface area contributed by atoms with E-state index in [0.29, 0.717) is 12.4 Å². The lowest BCUT2D eigenvalue weighted by Gasteiger charge is -2.08. The monoisotopic (exact) mass is 273 g/mol. The van der Waals surface area contributed by atoms with Crippen molar-refractivity contribution in [2.75, 3.05) is 27.2 Å². The van der Waals surface area contributed by atoms with E-state index in [0.717, 1.165) is 24.1 Å². The van der Waals surface area contributed by atoms with Crippen LogP contribution in [-0.2, 0) is 4.79 Å². The van der Waals surface area contributed by atoms with Crippen LogP contribution >= 0.6 is 0 Å². The molecule has 106 valence electrons. The first kappa shape index (κ1) is 14.3. The van der Waals surface area contributed by atoms with Gasteiger partial charge in [0, 0.05) is 18.7 Å². The molecule has 1 heterocycles. The van der Waals surface area contributed by atoms with Gasteiger partial charge in [0.05, 0.1) is 0 Å². The van der Waals surface area contributed by atoms with Crippen LogP contribution in [0.2, 0.25) is 0 Å². The molecule has 0 saturated heterocycles. The van der Waals surface area contributed by atoms with Crippen LogP contribution in [0.4, 0.5) is 0 Å². The van der Waals surface area contributed by atoms with E-state index in [-0.39, 0.29) is 5.91 Å². The number of nitrogens with zero attached hydrogens (tertiary/aromatic N) is 2. The highest BCUT2D eigenvalue weighted by molar-refractivity contribution is 5.91. The molecular formula is C15H19N3O2. The summed E-state index contributed by atoms with van der Waals surface area (Å²) in [5.41, 5.74) is 1.51. The molecule has 1 aromatic carbocycles. The van der Waals surface area contributed by atoms with Crippen molar-refractivity contribution in [1.29, 1.82) is 0 Å². The fraction of sp³-hybridized carbons (Fsp3) is 0.333. The minimum absolute atomic E-state index is 0.133. The standard InChI is InChI=1S/C15H19N3O2/c1-18(2)11-5-10-16-14(19)8-9-15-17-12-6-3-4-7-13(12)20-15/h3-4,6-9H,5,10-11H2,1-2H3,(H,16,19). The molecule has 2 rings (SSSR count). The molecule has 0 aliphatic rings. The van der Waals surface area contributed by atoms with Crippen LogP contribution in [0.5, 0.6) is 0 Å². The third kappa shape index (κ3) is 4.20. The number of hydrogen-bond acceptors (Lipinski definition) is 4. The first-order chi connectivity index (χ1) is 9.65. The van der Waals surface area contributed by atoms with Crippen molar-refractivity contribution < 1.29 is 9.21 Å². The van der Waals surface area contributed by atoms with E-state index in [4.69, 9.17) is 4.42 Å². The van der Waals surface area contributed by atoms with Crippen LogP contribution in [0.3, 0.4) is 0 Å². The molecule has 20 heavy (non-hydrogen) atoms. The lowest BCUT2D eigenvalue weighted by molar-refractivity contribution is -0.116. The molecule has 0 unspecified atom stereocenters. The number of carbonyl (C=O) groups excluding carboxylic acids is 1. The normalized spacial score (nSPS) is 11.6. The maximum atomic E-state index is 11.6. The molecule has 1 aromatic heterocycles. The van der Waals surface area contributed by atoms with E-state index >= 15 is 0 Å². The van der Waals surface area contributed by atoms with Crippen LogP contribution in [0.25, 0.3) is 17.2 Å². The third-order valence-corrected chi connectivity index (χ3v) is 2.77. The smallest absolute Gasteiger partial charge is 0.244 e. The van der Waals surface area contributed by atoms with Gasteiger partial charge in [0.25, 0.3) is 0 Å². The van der Waals surface area contributed by atoms with Gasteiger partial charge in [-0.3, -0.25) is 4.79 Å². The molecule has 2 aromatic rings. The van der Waals surface area contributed by atoms with Gasteiger partial charge in [-0.05, 0) is 39.2 Å². The second kappa shape index (κ2) is 6.86. The van der Waals surface area contributed by atoms with Crippen LogP contribution in [0, 0.1) is 0 Å². The predicted octanol–water partition coefficient (Wildman–Crippen LogP) is 1.91. The Morgan fingerprint density at radius 2 is 2.20 bits per heavy atom. The number of benzene rings is 1. The van der Waals surface area contributed by atoms with Gasteiger partial charge in [0.15, 0.2) is 5.58 Å². The summed E-state index contributed by atoms with van der Waals surface area (Å²) in [5.74, 6) is 0.306. The number of hydrogen-bond donors (Lipinski definition) is 1. The van der Waals surface area contributed by atoms with Gasteiger partial charge < -0.3 is 14.6 Å². The minimum Gasteiger partial charge on any atom is -0.437 e. The van der Waals surface area contributed by atoms with Crippen molar-refractivity contribution in [2.24, 2.45) is 0 Å². The second-order valence-electron chi connectivity index (χ2n) is 4.80. The van der Waals surface area contributed by atoms with Gasteiger partial charge in [-0.2, -0.15) is 0 Å². The molecule has 0 aliphatic heterocycles. The molecule has 1 amide bonds. The molecule has 0 spiro atoms. The Morgan fingerprint density at radius 1 is 1.40 bits per heavy atom. The number of para-hydroxylation sites is 2. The van der Waals surface area contributed by atoms with E-state index in [2.05, 4.69) is 15.2 Å². The van der Waals surface area contributed by atoms with E-state index in [1.807, 2.05) is 38.4 Å². The number of oxazole rings is 1. The molecule has 5 nitrogen and oxygen atoms in total. The molecular weight excluding hydrogens is 254 g/mol. The van der Waals surface area contributed by atoms with Gasteiger partial charge in [-0.1, -0.05) is 12.1 Å². The number of fused-ring (bicyclic) bond motifs is 1. The highest BCUT2D eigenvalue weighted by Gasteiger charge is 2.02. The summed E-state index contributed by atoms with van der Waals surface area (Å²) < 4.78 is 5.49. The van der Waals surface area contributed by atoms with Crippen LogP contribution < -0.4 is 5.32 Å². The van der Waals surface area contributed by atoms with Crippen molar-refractivity contribution in [1.82, 2.24) is 15.2 Å². The maximum Gasteiger partial charge on any atom is 0.244 e. The lowest BCUT2D eigenvalue weighted by Crippen LogP contribution is -2.25. The zero-order chi connectivity index (χ0) is 14.4. The Balaban J connectivity index is 1.84. The summed E-state index contributed by atoms with van der Waals surface area (Å²) in [4.78, 5) is 17.9. The number of carbonyl (C=O) groups is 1. The second-order valence-corrected chi connectivity index (χ2v) is 4.80. The van der Waals surface area contributed by atoms with E-state index in [1.54, 1.807) is 6.08 Å². The Labute approximate surface area is 118 Å². The Hall–Kier alpha value is -2.14. The summed E-state index contributed by atoms with van der Waals surface area (Å²) >= 11 is 0. The molecule has 0 atom stereocenters. The maximum absolute atomic E-state index is 11.6. The fourth-order valence-corrected chi connectivity index (χ4v) is 1.77. The number of aromatic nitrogens is 1. The minimum atomic E-state index is -0.133. The molecule has 0 radical (unpaired) electrons. The van der Waals surface area contributed by atoms with Crippen LogP contribution in [-0.4, -0.2) is 43.0 Å². The SMILES string of the molecule is CN(C)CCCNC(=O)C=Cc1nc2ccccc2o1. The zero-order valence-corrected chi connectivity index (χ0v) is 11.8. The van der Waals surface area contributed by atoms with Gasteiger partial charge in [0.1, 0.15) is 5.52 Å². The van der Waals surface area contributed by atoms with Gasteiger partial charge in [-0.25, -0.2) is 4.98 Å². The van der Waals surface area contributed by atoms with Gasteiger partial charge in [0.2, 0.25) is 11.8 Å². The first-order valence-corrected chi connectivity index (χ1v) is 6.61. The third-order valence-electron chi connectivity index (χ3n) is 2.77. The van der Waals surface area contributed by atoms with Crippen LogP contribution in [0.1, 0.15) is 12.3 Å². The topological polar surface area (TPSA) is 58.4 Å². The van der Waals surface area contributed by atoms with Crippen molar-refractivity contribution >= 4 is 23.1 Å². The molecule has 0 bridgehead atoms. The van der Waals surface area contributed by atoms with E-state index < -0.39 is 0 Å². The first-order valence-electron chi connectivity index (χ1n) is 6.61. The molecule has 0 saturated carbocycles. The number of rotatable bonds is 6. The highest BCUT2D eigenvalue weighted by Crippen LogP contribution is 2.15. The number of nitrogens with one attached hydrogen (secondary N) is 1. The molecule has 1 N–H and O–H groups in total. The van der Waals surface area contributed by atoms with Gasteiger partial charge in [-0.15, -0.1) is 0 Å². The summed E-state index contributed by atoms with van der Waals surface area (Å²) in [6.45, 7) is 1.62. The molecule has 5 heteroatoms. The molecule has 0 fully saturated rings. The van der Waals surface area contributed by atoms with E-state index in [1.165, 1.54) is 6.08 Å². The summed E-state index contributed by atoms with van der Waals surface area (Å²) in [6, 6.07) is 7.51. The Bertz CT molecular complexity index is 569. The highest BCUT2D eigenvalue weighted by atomic mass is 16.3.